The maximum atomic E-state index is 12.8. The van der Waals surface area contributed by atoms with Crippen molar-refractivity contribution >= 4 is 23.3 Å². The molecule has 0 aromatic rings. The van der Waals surface area contributed by atoms with Gasteiger partial charge in [-0.1, -0.05) is 24.3 Å². The summed E-state index contributed by atoms with van der Waals surface area (Å²) in [5.41, 5.74) is 7.03. The number of nitrogens with one attached hydrogen (secondary N) is 1. The smallest absolute Gasteiger partial charge is 0.230 e. The van der Waals surface area contributed by atoms with Crippen LogP contribution in [0.5, 0.6) is 0 Å². The van der Waals surface area contributed by atoms with Gasteiger partial charge in [-0.3, -0.25) is 24.7 Å². The average molecular weight is 309 g/mol. The number of imide groups is 1. The number of nitrogens with zero attached hydrogens (tertiary/aromatic N) is 1. The first-order valence-electron chi connectivity index (χ1n) is 7.54. The van der Waals surface area contributed by atoms with Crippen molar-refractivity contribution in [2.24, 2.45) is 28.0 Å². The van der Waals surface area contributed by atoms with E-state index in [1.807, 2.05) is 24.3 Å². The van der Waals surface area contributed by atoms with Crippen LogP contribution in [0, 0.1) is 17.3 Å². The zero-order valence-corrected chi connectivity index (χ0v) is 12.3. The van der Waals surface area contributed by atoms with E-state index in [1.54, 1.807) is 6.20 Å². The van der Waals surface area contributed by atoms with E-state index in [9.17, 15) is 14.4 Å². The summed E-state index contributed by atoms with van der Waals surface area (Å²) < 4.78 is 0. The van der Waals surface area contributed by atoms with Crippen molar-refractivity contribution < 1.29 is 14.4 Å². The van der Waals surface area contributed by atoms with Gasteiger partial charge in [-0.25, -0.2) is 0 Å². The predicted octanol–water partition coefficient (Wildman–Crippen LogP) is 0.532. The Labute approximate surface area is 132 Å². The molecule has 1 fully saturated rings. The summed E-state index contributed by atoms with van der Waals surface area (Å²) in [6.45, 7) is 0. The molecule has 3 N–H and O–H groups in total. The Hall–Kier alpha value is -2.76. The number of carbonyl (C=O) groups excluding carboxylic acids is 3. The lowest BCUT2D eigenvalue weighted by Crippen LogP contribution is -2.55. The minimum absolute atomic E-state index is 0.191. The van der Waals surface area contributed by atoms with E-state index in [0.29, 0.717) is 17.8 Å². The van der Waals surface area contributed by atoms with Crippen molar-refractivity contribution in [2.75, 3.05) is 0 Å². The molecule has 6 heteroatoms. The summed E-state index contributed by atoms with van der Waals surface area (Å²) in [6.07, 6.45) is 11.2. The summed E-state index contributed by atoms with van der Waals surface area (Å²) in [6, 6.07) is 0. The molecule has 0 radical (unpaired) electrons. The zero-order chi connectivity index (χ0) is 16.2. The van der Waals surface area contributed by atoms with E-state index in [2.05, 4.69) is 10.3 Å². The van der Waals surface area contributed by atoms with Gasteiger partial charge in [0.15, 0.2) is 5.78 Å². The molecule has 0 saturated carbocycles. The maximum Gasteiger partial charge on any atom is 0.230 e. The molecular formula is C17H15N3O3. The van der Waals surface area contributed by atoms with Crippen LogP contribution in [-0.4, -0.2) is 23.3 Å². The van der Waals surface area contributed by atoms with Gasteiger partial charge in [0.05, 0.1) is 28.7 Å². The highest BCUT2D eigenvalue weighted by Gasteiger charge is 2.57. The Kier molecular flexibility index (Phi) is 2.78. The summed E-state index contributed by atoms with van der Waals surface area (Å²) >= 11 is 0. The van der Waals surface area contributed by atoms with Crippen molar-refractivity contribution in [3.8, 4) is 0 Å². The van der Waals surface area contributed by atoms with E-state index < -0.39 is 23.2 Å². The number of aliphatic imine (C=N–C) groups is 1. The van der Waals surface area contributed by atoms with Crippen LogP contribution >= 0.6 is 0 Å². The Morgan fingerprint density at radius 3 is 2.87 bits per heavy atom. The van der Waals surface area contributed by atoms with Gasteiger partial charge < -0.3 is 5.73 Å². The van der Waals surface area contributed by atoms with Crippen molar-refractivity contribution in [1.82, 2.24) is 5.32 Å². The topological polar surface area (TPSA) is 102 Å². The number of allylic oxidation sites excluding steroid dienone is 7. The third kappa shape index (κ3) is 1.75. The quantitative estimate of drug-likeness (QED) is 0.690. The van der Waals surface area contributed by atoms with Gasteiger partial charge in [-0.2, -0.15) is 0 Å². The van der Waals surface area contributed by atoms with Gasteiger partial charge in [0.1, 0.15) is 0 Å². The van der Waals surface area contributed by atoms with Crippen LogP contribution < -0.4 is 11.1 Å². The molecule has 2 aliphatic heterocycles. The molecule has 0 aromatic heterocycles. The van der Waals surface area contributed by atoms with Gasteiger partial charge >= 0.3 is 0 Å². The number of amides is 2. The highest BCUT2D eigenvalue weighted by atomic mass is 16.2. The molecule has 4 aliphatic rings. The van der Waals surface area contributed by atoms with Gasteiger partial charge in [0.25, 0.3) is 0 Å². The third-order valence-electron chi connectivity index (χ3n) is 5.00. The van der Waals surface area contributed by atoms with E-state index in [-0.39, 0.29) is 18.1 Å². The SMILES string of the molecule is NC1=CC(=O)C(C2CCC(=O)NC2=O)C23C=CC=CC2=CN=C13. The molecule has 1 spiro atoms. The summed E-state index contributed by atoms with van der Waals surface area (Å²) in [4.78, 5) is 41.0. The lowest BCUT2D eigenvalue weighted by molar-refractivity contribution is -0.141. The Morgan fingerprint density at radius 1 is 1.26 bits per heavy atom. The molecule has 2 amide bonds. The van der Waals surface area contributed by atoms with E-state index in [4.69, 9.17) is 5.73 Å². The third-order valence-corrected chi connectivity index (χ3v) is 5.00. The molecule has 2 heterocycles. The number of hydrogen-bond donors (Lipinski definition) is 2. The summed E-state index contributed by atoms with van der Waals surface area (Å²) in [7, 11) is 0. The number of ketones is 1. The van der Waals surface area contributed by atoms with Gasteiger partial charge in [-0.15, -0.1) is 0 Å². The lowest BCUT2D eigenvalue weighted by atomic mass is 9.57. The second kappa shape index (κ2) is 4.62. The minimum Gasteiger partial charge on any atom is -0.397 e. The number of nitrogens with two attached hydrogens (primary N) is 1. The Balaban J connectivity index is 1.86. The highest BCUT2D eigenvalue weighted by molar-refractivity contribution is 6.20. The molecule has 23 heavy (non-hydrogen) atoms. The van der Waals surface area contributed by atoms with Crippen LogP contribution in [0.15, 0.2) is 52.8 Å². The number of piperidine rings is 1. The van der Waals surface area contributed by atoms with E-state index in [1.165, 1.54) is 6.08 Å². The molecule has 0 aromatic carbocycles. The first-order chi connectivity index (χ1) is 11.0. The number of rotatable bonds is 1. The Bertz CT molecular complexity index is 800. The standard InChI is InChI=1S/C17H15N3O3/c18-11-7-12(21)14(10-4-5-13(22)20-16(10)23)17-6-2-1-3-9(17)8-19-15(11)17/h1-3,6-8,10,14H,4-5,18H2,(H,20,22,23). The van der Waals surface area contributed by atoms with Gasteiger partial charge in [0.2, 0.25) is 11.8 Å². The van der Waals surface area contributed by atoms with E-state index in [0.717, 1.165) is 5.57 Å². The number of carbonyl (C=O) groups is 3. The molecule has 0 bridgehead atoms. The maximum absolute atomic E-state index is 12.8. The van der Waals surface area contributed by atoms with Crippen LogP contribution in [0.25, 0.3) is 0 Å². The second-order valence-electron chi connectivity index (χ2n) is 6.19. The molecule has 3 unspecified atom stereocenters. The predicted molar refractivity (Wildman–Crippen MR) is 82.9 cm³/mol. The minimum atomic E-state index is -0.799. The van der Waals surface area contributed by atoms with Crippen LogP contribution in [0.3, 0.4) is 0 Å². The Morgan fingerprint density at radius 2 is 2.09 bits per heavy atom. The molecular weight excluding hydrogens is 294 g/mol. The largest absolute Gasteiger partial charge is 0.397 e. The molecule has 6 nitrogen and oxygen atoms in total. The van der Waals surface area contributed by atoms with Crippen LogP contribution in [0.2, 0.25) is 0 Å². The molecule has 1 saturated heterocycles. The average Bonchev–Trinajstić information content (AvgIpc) is 2.89. The highest BCUT2D eigenvalue weighted by Crippen LogP contribution is 2.52. The molecule has 2 aliphatic carbocycles. The zero-order valence-electron chi connectivity index (χ0n) is 12.3. The van der Waals surface area contributed by atoms with Crippen molar-refractivity contribution in [2.45, 2.75) is 12.8 Å². The van der Waals surface area contributed by atoms with Gasteiger partial charge in [0, 0.05) is 18.7 Å². The first-order valence-corrected chi connectivity index (χ1v) is 7.54. The van der Waals surface area contributed by atoms with Crippen LogP contribution in [-0.2, 0) is 14.4 Å². The molecule has 3 atom stereocenters. The van der Waals surface area contributed by atoms with Gasteiger partial charge in [-0.05, 0) is 12.0 Å². The first kappa shape index (κ1) is 13.9. The summed E-state index contributed by atoms with van der Waals surface area (Å²) in [5.74, 6) is -2.08. The fraction of sp³-hybridized carbons (Fsp3) is 0.294. The van der Waals surface area contributed by atoms with Crippen LogP contribution in [0.1, 0.15) is 12.8 Å². The van der Waals surface area contributed by atoms with Crippen molar-refractivity contribution in [3.63, 3.8) is 0 Å². The van der Waals surface area contributed by atoms with Crippen molar-refractivity contribution in [3.05, 3.63) is 47.9 Å². The van der Waals surface area contributed by atoms with Crippen molar-refractivity contribution in [1.29, 1.82) is 0 Å². The lowest BCUT2D eigenvalue weighted by Gasteiger charge is -2.44. The fourth-order valence-corrected chi connectivity index (χ4v) is 4.03. The fourth-order valence-electron chi connectivity index (χ4n) is 4.03. The second-order valence-corrected chi connectivity index (χ2v) is 6.19. The molecule has 4 rings (SSSR count). The number of hydrogen-bond acceptors (Lipinski definition) is 5. The van der Waals surface area contributed by atoms with E-state index >= 15 is 0 Å². The summed E-state index contributed by atoms with van der Waals surface area (Å²) in [5, 5.41) is 2.35. The monoisotopic (exact) mass is 309 g/mol. The normalized spacial score (nSPS) is 35.1. The van der Waals surface area contributed by atoms with Crippen LogP contribution in [0.4, 0.5) is 0 Å². The molecule has 116 valence electrons.